The fraction of sp³-hybridized carbons (Fsp3) is 0.684. The minimum Gasteiger partial charge on any atom is -0.378 e. The minimum atomic E-state index is 0.492. The van der Waals surface area contributed by atoms with Crippen molar-refractivity contribution in [3.05, 3.63) is 30.3 Å². The first kappa shape index (κ1) is 16.7. The molecule has 2 aliphatic rings. The van der Waals surface area contributed by atoms with Crippen molar-refractivity contribution in [3.63, 3.8) is 0 Å². The van der Waals surface area contributed by atoms with Crippen molar-refractivity contribution in [1.82, 2.24) is 10.2 Å². The van der Waals surface area contributed by atoms with E-state index in [4.69, 9.17) is 4.74 Å². The van der Waals surface area contributed by atoms with Crippen molar-refractivity contribution in [2.45, 2.75) is 37.8 Å². The van der Waals surface area contributed by atoms with Crippen LogP contribution in [0.5, 0.6) is 0 Å². The lowest BCUT2D eigenvalue weighted by molar-refractivity contribution is 0.0115. The molecular weight excluding hydrogens is 286 g/mol. The van der Waals surface area contributed by atoms with Gasteiger partial charge in [-0.3, -0.25) is 0 Å². The Labute approximate surface area is 140 Å². The van der Waals surface area contributed by atoms with E-state index in [1.807, 2.05) is 0 Å². The molecule has 2 saturated heterocycles. The summed E-state index contributed by atoms with van der Waals surface area (Å²) in [4.78, 5) is 4.87. The fourth-order valence-electron chi connectivity index (χ4n) is 3.58. The molecule has 128 valence electrons. The maximum atomic E-state index is 6.01. The second kappa shape index (κ2) is 8.67. The number of ether oxygens (including phenoxy) is 1. The zero-order valence-electron chi connectivity index (χ0n) is 14.4. The molecule has 0 saturated carbocycles. The number of rotatable bonds is 7. The molecule has 1 atom stereocenters. The molecule has 1 aromatic carbocycles. The van der Waals surface area contributed by atoms with Gasteiger partial charge in [0.05, 0.1) is 6.10 Å². The third kappa shape index (κ3) is 5.20. The highest BCUT2D eigenvalue weighted by molar-refractivity contribution is 5.47. The molecule has 1 aromatic rings. The summed E-state index contributed by atoms with van der Waals surface area (Å²) in [7, 11) is 2.19. The third-order valence-electron chi connectivity index (χ3n) is 5.08. The molecule has 3 rings (SSSR count). The summed E-state index contributed by atoms with van der Waals surface area (Å²) in [6, 6.07) is 11.4. The van der Waals surface area contributed by atoms with E-state index >= 15 is 0 Å². The monoisotopic (exact) mass is 317 g/mol. The van der Waals surface area contributed by atoms with Crippen LogP contribution in [-0.2, 0) is 4.74 Å². The second-order valence-electron chi connectivity index (χ2n) is 6.95. The molecule has 4 heteroatoms. The minimum absolute atomic E-state index is 0.492. The standard InChI is InChI=1S/C19H31N3O/c1-21-12-9-19(10-13-21)23-15-5-11-20-17-8-14-22(16-17)18-6-3-2-4-7-18/h2-4,6-7,17,19-20H,5,8-16H2,1H3. The number of hydrogen-bond acceptors (Lipinski definition) is 4. The molecule has 1 unspecified atom stereocenters. The summed E-state index contributed by atoms with van der Waals surface area (Å²) in [6.45, 7) is 6.62. The first-order chi connectivity index (χ1) is 11.3. The van der Waals surface area contributed by atoms with Crippen LogP contribution in [0.2, 0.25) is 0 Å². The van der Waals surface area contributed by atoms with Gasteiger partial charge in [0.2, 0.25) is 0 Å². The Morgan fingerprint density at radius 3 is 2.65 bits per heavy atom. The molecule has 2 fully saturated rings. The van der Waals surface area contributed by atoms with E-state index in [0.29, 0.717) is 12.1 Å². The number of hydrogen-bond donors (Lipinski definition) is 1. The van der Waals surface area contributed by atoms with E-state index < -0.39 is 0 Å². The summed E-state index contributed by atoms with van der Waals surface area (Å²) in [6.07, 6.45) is 5.24. The number of benzene rings is 1. The molecule has 2 heterocycles. The van der Waals surface area contributed by atoms with Crippen LogP contribution in [0, 0.1) is 0 Å². The summed E-state index contributed by atoms with van der Waals surface area (Å²) in [5, 5.41) is 3.70. The van der Waals surface area contributed by atoms with Gasteiger partial charge in [0.15, 0.2) is 0 Å². The Morgan fingerprint density at radius 1 is 1.09 bits per heavy atom. The Hall–Kier alpha value is -1.10. The molecule has 0 amide bonds. The van der Waals surface area contributed by atoms with Crippen molar-refractivity contribution in [1.29, 1.82) is 0 Å². The lowest BCUT2D eigenvalue weighted by Crippen LogP contribution is -2.35. The predicted molar refractivity (Wildman–Crippen MR) is 96.2 cm³/mol. The highest BCUT2D eigenvalue weighted by Crippen LogP contribution is 2.19. The van der Waals surface area contributed by atoms with Crippen LogP contribution in [0.1, 0.15) is 25.7 Å². The van der Waals surface area contributed by atoms with Gasteiger partial charge in [-0.15, -0.1) is 0 Å². The van der Waals surface area contributed by atoms with E-state index in [0.717, 1.165) is 32.7 Å². The summed E-state index contributed by atoms with van der Waals surface area (Å²) in [5.41, 5.74) is 1.35. The topological polar surface area (TPSA) is 27.7 Å². The van der Waals surface area contributed by atoms with E-state index in [1.165, 1.54) is 38.0 Å². The normalized spacial score (nSPS) is 23.5. The lowest BCUT2D eigenvalue weighted by Gasteiger charge is -2.28. The molecule has 0 radical (unpaired) electrons. The summed E-state index contributed by atoms with van der Waals surface area (Å²) >= 11 is 0. The zero-order chi connectivity index (χ0) is 15.9. The Kier molecular flexibility index (Phi) is 6.31. The third-order valence-corrected chi connectivity index (χ3v) is 5.08. The van der Waals surface area contributed by atoms with E-state index in [9.17, 15) is 0 Å². The Bertz CT molecular complexity index is 445. The number of likely N-dealkylation sites (tertiary alicyclic amines) is 1. The van der Waals surface area contributed by atoms with Crippen LogP contribution in [0.4, 0.5) is 5.69 Å². The van der Waals surface area contributed by atoms with E-state index in [2.05, 4.69) is 52.5 Å². The van der Waals surface area contributed by atoms with E-state index in [1.54, 1.807) is 0 Å². The van der Waals surface area contributed by atoms with Gasteiger partial charge >= 0.3 is 0 Å². The van der Waals surface area contributed by atoms with Crippen LogP contribution < -0.4 is 10.2 Å². The van der Waals surface area contributed by atoms with Crippen LogP contribution in [0.25, 0.3) is 0 Å². The number of anilines is 1. The highest BCUT2D eigenvalue weighted by Gasteiger charge is 2.22. The summed E-state index contributed by atoms with van der Waals surface area (Å²) in [5.74, 6) is 0. The maximum absolute atomic E-state index is 6.01. The van der Waals surface area contributed by atoms with Gasteiger partial charge in [-0.25, -0.2) is 0 Å². The SMILES string of the molecule is CN1CCC(OCCCNC2CCN(c3ccccc3)C2)CC1. The smallest absolute Gasteiger partial charge is 0.0599 e. The zero-order valence-corrected chi connectivity index (χ0v) is 14.4. The van der Waals surface area contributed by atoms with Gasteiger partial charge in [0.1, 0.15) is 0 Å². The Morgan fingerprint density at radius 2 is 1.87 bits per heavy atom. The molecule has 4 nitrogen and oxygen atoms in total. The Balaban J connectivity index is 1.26. The number of piperidine rings is 1. The van der Waals surface area contributed by atoms with Gasteiger partial charge in [0.25, 0.3) is 0 Å². The molecule has 1 N–H and O–H groups in total. The van der Waals surface area contributed by atoms with Crippen molar-refractivity contribution in [2.24, 2.45) is 0 Å². The lowest BCUT2D eigenvalue weighted by atomic mass is 10.1. The second-order valence-corrected chi connectivity index (χ2v) is 6.95. The molecular formula is C19H31N3O. The number of nitrogens with one attached hydrogen (secondary N) is 1. The van der Waals surface area contributed by atoms with Crippen molar-refractivity contribution >= 4 is 5.69 Å². The van der Waals surface area contributed by atoms with Gasteiger partial charge in [0, 0.05) is 44.5 Å². The molecule has 0 spiro atoms. The average Bonchev–Trinajstić information content (AvgIpc) is 3.06. The van der Waals surface area contributed by atoms with Gasteiger partial charge in [-0.05, 0) is 51.4 Å². The van der Waals surface area contributed by atoms with Gasteiger partial charge in [-0.1, -0.05) is 18.2 Å². The van der Waals surface area contributed by atoms with Gasteiger partial charge in [-0.2, -0.15) is 0 Å². The van der Waals surface area contributed by atoms with Crippen LogP contribution in [0.15, 0.2) is 30.3 Å². The van der Waals surface area contributed by atoms with Crippen molar-refractivity contribution in [3.8, 4) is 0 Å². The molecule has 23 heavy (non-hydrogen) atoms. The van der Waals surface area contributed by atoms with Crippen LogP contribution in [-0.4, -0.2) is 63.4 Å². The first-order valence-corrected chi connectivity index (χ1v) is 9.15. The maximum Gasteiger partial charge on any atom is 0.0599 e. The van der Waals surface area contributed by atoms with Gasteiger partial charge < -0.3 is 19.9 Å². The fourth-order valence-corrected chi connectivity index (χ4v) is 3.58. The van der Waals surface area contributed by atoms with Crippen LogP contribution in [0.3, 0.4) is 0 Å². The summed E-state index contributed by atoms with van der Waals surface area (Å²) < 4.78 is 6.01. The average molecular weight is 317 g/mol. The molecule has 0 aliphatic carbocycles. The first-order valence-electron chi connectivity index (χ1n) is 9.15. The predicted octanol–water partition coefficient (Wildman–Crippen LogP) is 2.36. The van der Waals surface area contributed by atoms with Crippen molar-refractivity contribution in [2.75, 3.05) is 51.3 Å². The quantitative estimate of drug-likeness (QED) is 0.781. The highest BCUT2D eigenvalue weighted by atomic mass is 16.5. The molecule has 0 aromatic heterocycles. The largest absolute Gasteiger partial charge is 0.378 e. The molecule has 2 aliphatic heterocycles. The number of para-hydroxylation sites is 1. The van der Waals surface area contributed by atoms with Crippen molar-refractivity contribution < 1.29 is 4.74 Å². The number of nitrogens with zero attached hydrogens (tertiary/aromatic N) is 2. The molecule has 0 bridgehead atoms. The van der Waals surface area contributed by atoms with E-state index in [-0.39, 0.29) is 0 Å². The van der Waals surface area contributed by atoms with Crippen LogP contribution >= 0.6 is 0 Å².